The molecule has 1 amide bonds. The Balaban J connectivity index is 1.80. The molecule has 2 atom stereocenters. The summed E-state index contributed by atoms with van der Waals surface area (Å²) >= 11 is 1.95. The Morgan fingerprint density at radius 2 is 1.91 bits per heavy atom. The number of benzene rings is 1. The van der Waals surface area contributed by atoms with Gasteiger partial charge >= 0.3 is 5.97 Å². The molecule has 0 spiro atoms. The number of nitrogens with one attached hydrogen (secondary N) is 1. The normalized spacial score (nSPS) is 20.9. The minimum Gasteiger partial charge on any atom is -0.478 e. The zero-order valence-corrected chi connectivity index (χ0v) is 14.4. The minimum atomic E-state index is -0.925. The van der Waals surface area contributed by atoms with E-state index in [-0.39, 0.29) is 11.5 Å². The Kier molecular flexibility index (Phi) is 6.96. The number of carbonyl (C=O) groups excluding carboxylic acids is 1. The van der Waals surface area contributed by atoms with Gasteiger partial charge in [-0.25, -0.2) is 4.79 Å². The predicted molar refractivity (Wildman–Crippen MR) is 94.0 cm³/mol. The molecule has 0 aromatic heterocycles. The van der Waals surface area contributed by atoms with Gasteiger partial charge in [0.05, 0.1) is 5.56 Å². The van der Waals surface area contributed by atoms with Crippen LogP contribution in [-0.4, -0.2) is 34.0 Å². The second-order valence-corrected chi connectivity index (χ2v) is 7.47. The van der Waals surface area contributed by atoms with Gasteiger partial charge in [-0.3, -0.25) is 4.79 Å². The van der Waals surface area contributed by atoms with E-state index >= 15 is 0 Å². The predicted octanol–water partition coefficient (Wildman–Crippen LogP) is 3.50. The van der Waals surface area contributed by atoms with Gasteiger partial charge in [-0.1, -0.05) is 31.9 Å². The quantitative estimate of drug-likeness (QED) is 0.800. The first-order chi connectivity index (χ1) is 11.1. The Bertz CT molecular complexity index is 528. The molecule has 1 aromatic rings. The Morgan fingerprint density at radius 1 is 1.22 bits per heavy atom. The van der Waals surface area contributed by atoms with Crippen molar-refractivity contribution in [2.75, 3.05) is 5.75 Å². The van der Waals surface area contributed by atoms with Crippen LogP contribution in [0.4, 0.5) is 0 Å². The Morgan fingerprint density at radius 3 is 2.57 bits per heavy atom. The van der Waals surface area contributed by atoms with Crippen molar-refractivity contribution >= 4 is 23.6 Å². The second-order valence-electron chi connectivity index (χ2n) is 5.95. The van der Waals surface area contributed by atoms with Gasteiger partial charge in [-0.05, 0) is 42.7 Å². The number of thioether (sulfide) groups is 1. The fourth-order valence-electron chi connectivity index (χ4n) is 3.03. The fourth-order valence-corrected chi connectivity index (χ4v) is 4.22. The van der Waals surface area contributed by atoms with Crippen LogP contribution in [0.5, 0.6) is 0 Å². The van der Waals surface area contributed by atoms with Crippen molar-refractivity contribution in [3.63, 3.8) is 0 Å². The maximum Gasteiger partial charge on any atom is 0.335 e. The Labute approximate surface area is 142 Å². The van der Waals surface area contributed by atoms with Gasteiger partial charge in [0.1, 0.15) is 0 Å². The molecule has 0 saturated heterocycles. The summed E-state index contributed by atoms with van der Waals surface area (Å²) in [4.78, 5) is 23.0. The van der Waals surface area contributed by atoms with Gasteiger partial charge in [0, 0.05) is 17.7 Å². The maximum absolute atomic E-state index is 12.2. The number of hydrogen-bond donors (Lipinski definition) is 2. The number of carboxylic acids is 1. The summed E-state index contributed by atoms with van der Waals surface area (Å²) in [6, 6.07) is 7.05. The van der Waals surface area contributed by atoms with E-state index in [9.17, 15) is 9.59 Å². The summed E-state index contributed by atoms with van der Waals surface area (Å²) < 4.78 is 0. The largest absolute Gasteiger partial charge is 0.478 e. The molecule has 1 fully saturated rings. The lowest BCUT2D eigenvalue weighted by atomic mass is 9.94. The molecule has 0 bridgehead atoms. The number of aromatic carboxylic acids is 1. The summed E-state index contributed by atoms with van der Waals surface area (Å²) in [6.45, 7) is 2.17. The first kappa shape index (κ1) is 17.9. The number of hydrogen-bond acceptors (Lipinski definition) is 3. The third-order valence-corrected chi connectivity index (χ3v) is 5.60. The van der Waals surface area contributed by atoms with E-state index in [2.05, 4.69) is 12.2 Å². The summed E-state index contributed by atoms with van der Waals surface area (Å²) in [5.41, 5.74) is 1.27. The van der Waals surface area contributed by atoms with Gasteiger partial charge in [-0.2, -0.15) is 11.8 Å². The highest BCUT2D eigenvalue weighted by atomic mass is 32.2. The van der Waals surface area contributed by atoms with Gasteiger partial charge in [-0.15, -0.1) is 0 Å². The van der Waals surface area contributed by atoms with E-state index in [0.29, 0.717) is 24.1 Å². The van der Waals surface area contributed by atoms with Crippen LogP contribution in [0, 0.1) is 0 Å². The van der Waals surface area contributed by atoms with Crippen LogP contribution < -0.4 is 5.32 Å². The topological polar surface area (TPSA) is 66.4 Å². The van der Waals surface area contributed by atoms with Crippen LogP contribution in [0.1, 0.15) is 54.9 Å². The first-order valence-corrected chi connectivity index (χ1v) is 9.38. The van der Waals surface area contributed by atoms with E-state index in [4.69, 9.17) is 5.11 Å². The van der Waals surface area contributed by atoms with Crippen molar-refractivity contribution in [2.24, 2.45) is 0 Å². The highest BCUT2D eigenvalue weighted by Crippen LogP contribution is 2.28. The molecule has 0 heterocycles. The third kappa shape index (κ3) is 5.57. The van der Waals surface area contributed by atoms with Gasteiger partial charge in [0.15, 0.2) is 0 Å². The van der Waals surface area contributed by atoms with Crippen molar-refractivity contribution in [3.05, 3.63) is 35.4 Å². The summed E-state index contributed by atoms with van der Waals surface area (Å²) in [5, 5.41) is 12.6. The summed E-state index contributed by atoms with van der Waals surface area (Å²) in [7, 11) is 0. The van der Waals surface area contributed by atoms with Crippen LogP contribution >= 0.6 is 11.8 Å². The van der Waals surface area contributed by atoms with Crippen LogP contribution in [0.25, 0.3) is 0 Å². The molecule has 4 nitrogen and oxygen atoms in total. The highest BCUT2D eigenvalue weighted by Gasteiger charge is 2.26. The first-order valence-electron chi connectivity index (χ1n) is 8.33. The monoisotopic (exact) mass is 335 g/mol. The standard InChI is InChI=1S/C18H25NO3S/c1-2-23-16-6-4-3-5-15(16)19-17(20)12-9-13-7-10-14(11-8-13)18(21)22/h7-8,10-11,15-16H,2-6,9,12H2,1H3,(H,19,20)(H,21,22). The number of aryl methyl sites for hydroxylation is 1. The molecular weight excluding hydrogens is 310 g/mol. The van der Waals surface area contributed by atoms with Crippen LogP contribution in [0.3, 0.4) is 0 Å². The maximum atomic E-state index is 12.2. The lowest BCUT2D eigenvalue weighted by molar-refractivity contribution is -0.121. The average molecular weight is 335 g/mol. The minimum absolute atomic E-state index is 0.0981. The number of carbonyl (C=O) groups is 2. The van der Waals surface area contributed by atoms with Crippen LogP contribution in [0.2, 0.25) is 0 Å². The van der Waals surface area contributed by atoms with E-state index in [0.717, 1.165) is 17.7 Å². The molecule has 0 aliphatic heterocycles. The molecule has 2 unspecified atom stereocenters. The number of carboxylic acid groups (broad SMARTS) is 1. The molecule has 1 aliphatic carbocycles. The molecule has 2 rings (SSSR count). The van der Waals surface area contributed by atoms with Crippen LogP contribution in [-0.2, 0) is 11.2 Å². The lowest BCUT2D eigenvalue weighted by Crippen LogP contribution is -2.43. The summed E-state index contributed by atoms with van der Waals surface area (Å²) in [5.74, 6) is 0.263. The smallest absolute Gasteiger partial charge is 0.335 e. The van der Waals surface area contributed by atoms with Crippen molar-refractivity contribution in [1.82, 2.24) is 5.32 Å². The summed E-state index contributed by atoms with van der Waals surface area (Å²) in [6.07, 6.45) is 5.83. The van der Waals surface area contributed by atoms with E-state index in [1.807, 2.05) is 11.8 Å². The molecule has 1 aromatic carbocycles. The number of rotatable bonds is 7. The van der Waals surface area contributed by atoms with Crippen molar-refractivity contribution < 1.29 is 14.7 Å². The SMILES string of the molecule is CCSC1CCCCC1NC(=O)CCc1ccc(C(=O)O)cc1. The highest BCUT2D eigenvalue weighted by molar-refractivity contribution is 7.99. The zero-order chi connectivity index (χ0) is 16.7. The van der Waals surface area contributed by atoms with Gasteiger partial charge in [0.25, 0.3) is 0 Å². The van der Waals surface area contributed by atoms with Gasteiger partial charge in [0.2, 0.25) is 5.91 Å². The van der Waals surface area contributed by atoms with Crippen molar-refractivity contribution in [1.29, 1.82) is 0 Å². The third-order valence-electron chi connectivity index (χ3n) is 4.27. The van der Waals surface area contributed by atoms with E-state index in [1.165, 1.54) is 19.3 Å². The van der Waals surface area contributed by atoms with E-state index in [1.54, 1.807) is 24.3 Å². The average Bonchev–Trinajstić information content (AvgIpc) is 2.55. The van der Waals surface area contributed by atoms with Crippen LogP contribution in [0.15, 0.2) is 24.3 Å². The number of amides is 1. The van der Waals surface area contributed by atoms with Crippen molar-refractivity contribution in [2.45, 2.75) is 56.7 Å². The fraction of sp³-hybridized carbons (Fsp3) is 0.556. The molecule has 1 aliphatic rings. The Hall–Kier alpha value is -1.49. The zero-order valence-electron chi connectivity index (χ0n) is 13.6. The molecule has 1 saturated carbocycles. The van der Waals surface area contributed by atoms with Gasteiger partial charge < -0.3 is 10.4 Å². The molecule has 5 heteroatoms. The molecule has 126 valence electrons. The molecular formula is C18H25NO3S. The van der Waals surface area contributed by atoms with Crippen molar-refractivity contribution in [3.8, 4) is 0 Å². The second kappa shape index (κ2) is 8.96. The molecule has 0 radical (unpaired) electrons. The van der Waals surface area contributed by atoms with E-state index < -0.39 is 5.97 Å². The lowest BCUT2D eigenvalue weighted by Gasteiger charge is -2.31. The molecule has 23 heavy (non-hydrogen) atoms. The molecule has 2 N–H and O–H groups in total.